The van der Waals surface area contributed by atoms with Crippen LogP contribution in [-0.2, 0) is 14.3 Å². The molecular formula is C12H24N2O3. The molecule has 17 heavy (non-hydrogen) atoms. The standard InChI is InChI=1S/C12H24N2O3/c1-9(12(15)16-4)10(2)14-5-6-17-11(8-14)7-13-3/h9-11,13H,5-8H2,1-4H3. The van der Waals surface area contributed by atoms with Crippen LogP contribution in [0.25, 0.3) is 0 Å². The van der Waals surface area contributed by atoms with Crippen molar-refractivity contribution in [3.8, 4) is 0 Å². The zero-order valence-electron chi connectivity index (χ0n) is 11.2. The molecule has 100 valence electrons. The van der Waals surface area contributed by atoms with Crippen LogP contribution >= 0.6 is 0 Å². The number of likely N-dealkylation sites (N-methyl/N-ethyl adjacent to an activating group) is 1. The maximum atomic E-state index is 11.5. The predicted molar refractivity (Wildman–Crippen MR) is 65.9 cm³/mol. The molecular weight excluding hydrogens is 220 g/mol. The van der Waals surface area contributed by atoms with Gasteiger partial charge in [-0.15, -0.1) is 0 Å². The monoisotopic (exact) mass is 244 g/mol. The van der Waals surface area contributed by atoms with Gasteiger partial charge in [0.1, 0.15) is 0 Å². The van der Waals surface area contributed by atoms with E-state index in [1.165, 1.54) is 7.11 Å². The summed E-state index contributed by atoms with van der Waals surface area (Å²) in [5.74, 6) is -0.248. The summed E-state index contributed by atoms with van der Waals surface area (Å²) in [6, 6.07) is 0.186. The quantitative estimate of drug-likeness (QED) is 0.695. The van der Waals surface area contributed by atoms with Crippen molar-refractivity contribution in [3.63, 3.8) is 0 Å². The molecule has 0 aromatic rings. The van der Waals surface area contributed by atoms with Crippen molar-refractivity contribution in [2.45, 2.75) is 26.0 Å². The number of hydrogen-bond acceptors (Lipinski definition) is 5. The van der Waals surface area contributed by atoms with Crippen molar-refractivity contribution in [3.05, 3.63) is 0 Å². The highest BCUT2D eigenvalue weighted by Gasteiger charge is 2.30. The fraction of sp³-hybridized carbons (Fsp3) is 0.917. The molecule has 5 nitrogen and oxygen atoms in total. The molecule has 3 atom stereocenters. The van der Waals surface area contributed by atoms with E-state index in [4.69, 9.17) is 9.47 Å². The highest BCUT2D eigenvalue weighted by molar-refractivity contribution is 5.72. The Balaban J connectivity index is 2.50. The van der Waals surface area contributed by atoms with Crippen LogP contribution < -0.4 is 5.32 Å². The van der Waals surface area contributed by atoms with Crippen molar-refractivity contribution in [2.24, 2.45) is 5.92 Å². The Morgan fingerprint density at radius 3 is 2.88 bits per heavy atom. The van der Waals surface area contributed by atoms with E-state index in [0.717, 1.165) is 26.2 Å². The topological polar surface area (TPSA) is 50.8 Å². The van der Waals surface area contributed by atoms with E-state index in [-0.39, 0.29) is 24.0 Å². The van der Waals surface area contributed by atoms with E-state index >= 15 is 0 Å². The van der Waals surface area contributed by atoms with Crippen LogP contribution in [0.4, 0.5) is 0 Å². The second kappa shape index (κ2) is 6.93. The number of carbonyl (C=O) groups is 1. The number of methoxy groups -OCH3 is 1. The lowest BCUT2D eigenvalue weighted by Gasteiger charge is -2.38. The van der Waals surface area contributed by atoms with E-state index in [1.54, 1.807) is 0 Å². The molecule has 1 aliphatic heterocycles. The summed E-state index contributed by atoms with van der Waals surface area (Å²) in [6.45, 7) is 7.30. The Morgan fingerprint density at radius 1 is 1.59 bits per heavy atom. The second-order valence-corrected chi connectivity index (χ2v) is 4.60. The predicted octanol–water partition coefficient (Wildman–Crippen LogP) is 0.104. The molecule has 0 spiro atoms. The van der Waals surface area contributed by atoms with Crippen LogP contribution in [0, 0.1) is 5.92 Å². The largest absolute Gasteiger partial charge is 0.469 e. The van der Waals surface area contributed by atoms with E-state index in [1.807, 2.05) is 14.0 Å². The first-order valence-electron chi connectivity index (χ1n) is 6.18. The van der Waals surface area contributed by atoms with Crippen LogP contribution in [0.2, 0.25) is 0 Å². The lowest BCUT2D eigenvalue weighted by Crippen LogP contribution is -2.52. The van der Waals surface area contributed by atoms with Gasteiger partial charge in [-0.3, -0.25) is 9.69 Å². The van der Waals surface area contributed by atoms with Crippen molar-refractivity contribution < 1.29 is 14.3 Å². The number of ether oxygens (including phenoxy) is 2. The molecule has 0 bridgehead atoms. The SMILES string of the molecule is CNCC1CN(C(C)C(C)C(=O)OC)CCO1. The average Bonchev–Trinajstić information content (AvgIpc) is 2.36. The van der Waals surface area contributed by atoms with Crippen LogP contribution in [0.15, 0.2) is 0 Å². The van der Waals surface area contributed by atoms with Crippen molar-refractivity contribution >= 4 is 5.97 Å². The minimum absolute atomic E-state index is 0.103. The number of hydrogen-bond donors (Lipinski definition) is 1. The zero-order chi connectivity index (χ0) is 12.8. The molecule has 1 aliphatic rings. The molecule has 0 radical (unpaired) electrons. The van der Waals surface area contributed by atoms with Crippen LogP contribution in [-0.4, -0.2) is 63.4 Å². The minimum atomic E-state index is -0.144. The van der Waals surface area contributed by atoms with Crippen LogP contribution in [0.1, 0.15) is 13.8 Å². The molecule has 1 N–H and O–H groups in total. The van der Waals surface area contributed by atoms with Crippen molar-refractivity contribution in [1.82, 2.24) is 10.2 Å². The Morgan fingerprint density at radius 2 is 2.29 bits per heavy atom. The number of nitrogens with one attached hydrogen (secondary N) is 1. The Bertz CT molecular complexity index is 246. The molecule has 0 saturated carbocycles. The summed E-state index contributed by atoms with van der Waals surface area (Å²) in [5, 5.41) is 3.12. The zero-order valence-corrected chi connectivity index (χ0v) is 11.2. The number of esters is 1. The molecule has 3 unspecified atom stereocenters. The highest BCUT2D eigenvalue weighted by Crippen LogP contribution is 2.16. The summed E-state index contributed by atoms with van der Waals surface area (Å²) in [6.07, 6.45) is 0.209. The number of nitrogens with zero attached hydrogens (tertiary/aromatic N) is 1. The number of carbonyl (C=O) groups excluding carboxylic acids is 1. The third-order valence-electron chi connectivity index (χ3n) is 3.47. The van der Waals surface area contributed by atoms with Crippen LogP contribution in [0.3, 0.4) is 0 Å². The van der Waals surface area contributed by atoms with Gasteiger partial charge in [0.15, 0.2) is 0 Å². The fourth-order valence-corrected chi connectivity index (χ4v) is 2.16. The smallest absolute Gasteiger partial charge is 0.309 e. The first-order chi connectivity index (χ1) is 8.10. The number of morpholine rings is 1. The number of rotatable bonds is 5. The first-order valence-corrected chi connectivity index (χ1v) is 6.18. The molecule has 0 aromatic heterocycles. The van der Waals surface area contributed by atoms with E-state index in [0.29, 0.717) is 0 Å². The first kappa shape index (κ1) is 14.4. The summed E-state index contributed by atoms with van der Waals surface area (Å²) in [7, 11) is 3.36. The van der Waals surface area contributed by atoms with Gasteiger partial charge in [0.25, 0.3) is 0 Å². The third kappa shape index (κ3) is 3.94. The van der Waals surface area contributed by atoms with E-state index in [2.05, 4.69) is 17.1 Å². The molecule has 5 heteroatoms. The molecule has 0 aromatic carbocycles. The molecule has 1 fully saturated rings. The normalized spacial score (nSPS) is 25.3. The Kier molecular flexibility index (Phi) is 5.88. The summed E-state index contributed by atoms with van der Waals surface area (Å²) >= 11 is 0. The average molecular weight is 244 g/mol. The van der Waals surface area contributed by atoms with Gasteiger partial charge in [-0.1, -0.05) is 6.92 Å². The van der Waals surface area contributed by atoms with Gasteiger partial charge < -0.3 is 14.8 Å². The molecule has 0 amide bonds. The molecule has 1 heterocycles. The van der Waals surface area contributed by atoms with E-state index < -0.39 is 0 Å². The van der Waals surface area contributed by atoms with Crippen LogP contribution in [0.5, 0.6) is 0 Å². The Labute approximate surface area is 103 Å². The van der Waals surface area contributed by atoms with Crippen molar-refractivity contribution in [2.75, 3.05) is 40.4 Å². The fourth-order valence-electron chi connectivity index (χ4n) is 2.16. The third-order valence-corrected chi connectivity index (χ3v) is 3.47. The minimum Gasteiger partial charge on any atom is -0.469 e. The maximum Gasteiger partial charge on any atom is 0.309 e. The second-order valence-electron chi connectivity index (χ2n) is 4.60. The van der Waals surface area contributed by atoms with Gasteiger partial charge in [0, 0.05) is 25.7 Å². The lowest BCUT2D eigenvalue weighted by molar-refractivity contribution is -0.148. The summed E-state index contributed by atoms with van der Waals surface area (Å²) < 4.78 is 10.4. The van der Waals surface area contributed by atoms with Gasteiger partial charge >= 0.3 is 5.97 Å². The maximum absolute atomic E-state index is 11.5. The summed E-state index contributed by atoms with van der Waals surface area (Å²) in [5.41, 5.74) is 0. The summed E-state index contributed by atoms with van der Waals surface area (Å²) in [4.78, 5) is 13.8. The van der Waals surface area contributed by atoms with Gasteiger partial charge in [-0.2, -0.15) is 0 Å². The highest BCUT2D eigenvalue weighted by atomic mass is 16.5. The van der Waals surface area contributed by atoms with Gasteiger partial charge in [0.2, 0.25) is 0 Å². The van der Waals surface area contributed by atoms with Gasteiger partial charge in [0.05, 0.1) is 25.7 Å². The lowest BCUT2D eigenvalue weighted by atomic mass is 10.0. The van der Waals surface area contributed by atoms with Gasteiger partial charge in [-0.05, 0) is 14.0 Å². The van der Waals surface area contributed by atoms with Gasteiger partial charge in [-0.25, -0.2) is 0 Å². The molecule has 1 saturated heterocycles. The van der Waals surface area contributed by atoms with Crippen molar-refractivity contribution in [1.29, 1.82) is 0 Å². The Hall–Kier alpha value is -0.650. The molecule has 0 aliphatic carbocycles. The molecule has 1 rings (SSSR count). The van der Waals surface area contributed by atoms with E-state index in [9.17, 15) is 4.79 Å².